The molecule has 0 N–H and O–H groups in total. The Kier molecular flexibility index (Phi) is 2.69. The lowest BCUT2D eigenvalue weighted by molar-refractivity contribution is 0.190. The second-order valence-corrected chi connectivity index (χ2v) is 2.64. The largest absolute Gasteiger partial charge is 0.381 e. The normalized spacial score (nSPS) is 25.9. The number of ether oxygens (including phenoxy) is 1. The number of hydrogen-bond acceptors (Lipinski definition) is 1. The van der Waals surface area contributed by atoms with Crippen LogP contribution in [-0.2, 0) is 4.74 Å². The van der Waals surface area contributed by atoms with E-state index in [0.717, 1.165) is 19.6 Å². The van der Waals surface area contributed by atoms with Gasteiger partial charge in [0, 0.05) is 12.5 Å². The fourth-order valence-corrected chi connectivity index (χ4v) is 1.18. The highest BCUT2D eigenvalue weighted by atomic mass is 16.5. The van der Waals surface area contributed by atoms with Crippen molar-refractivity contribution in [1.82, 2.24) is 0 Å². The fourth-order valence-electron chi connectivity index (χ4n) is 1.18. The molecular formula is C9H14O. The monoisotopic (exact) mass is 138 g/mol. The van der Waals surface area contributed by atoms with Gasteiger partial charge in [0.2, 0.25) is 0 Å². The van der Waals surface area contributed by atoms with Crippen LogP contribution in [0.25, 0.3) is 0 Å². The Labute approximate surface area is 62.4 Å². The smallest absolute Gasteiger partial charge is 0.0535 e. The van der Waals surface area contributed by atoms with Gasteiger partial charge in [0.1, 0.15) is 0 Å². The van der Waals surface area contributed by atoms with E-state index in [0.29, 0.717) is 5.92 Å². The first kappa shape index (κ1) is 7.55. The second kappa shape index (κ2) is 3.57. The number of rotatable bonds is 2. The van der Waals surface area contributed by atoms with E-state index in [1.807, 2.05) is 13.0 Å². The molecule has 0 radical (unpaired) electrons. The van der Waals surface area contributed by atoms with Crippen molar-refractivity contribution in [2.24, 2.45) is 5.92 Å². The summed E-state index contributed by atoms with van der Waals surface area (Å²) in [5.74, 6) is 0.580. The molecule has 0 aromatic heterocycles. The molecule has 0 amide bonds. The third-order valence-electron chi connectivity index (χ3n) is 1.83. The second-order valence-electron chi connectivity index (χ2n) is 2.64. The molecule has 1 nitrogen and oxygen atoms in total. The van der Waals surface area contributed by atoms with E-state index in [4.69, 9.17) is 4.74 Å². The van der Waals surface area contributed by atoms with Gasteiger partial charge in [-0.15, -0.1) is 0 Å². The summed E-state index contributed by atoms with van der Waals surface area (Å²) in [6.45, 7) is 7.74. The van der Waals surface area contributed by atoms with E-state index < -0.39 is 0 Å². The molecule has 1 saturated heterocycles. The molecule has 56 valence electrons. The Hall–Kier alpha value is -0.560. The van der Waals surface area contributed by atoms with Crippen molar-refractivity contribution in [2.45, 2.75) is 13.3 Å². The van der Waals surface area contributed by atoms with Crippen LogP contribution in [0.1, 0.15) is 13.3 Å². The zero-order chi connectivity index (χ0) is 7.40. The summed E-state index contributed by atoms with van der Waals surface area (Å²) in [6, 6.07) is 0. The summed E-state index contributed by atoms with van der Waals surface area (Å²) >= 11 is 0. The van der Waals surface area contributed by atoms with E-state index in [1.54, 1.807) is 0 Å². The average Bonchev–Trinajstić information content (AvgIpc) is 2.38. The van der Waals surface area contributed by atoms with E-state index in [9.17, 15) is 0 Å². The SMILES string of the molecule is C=C(/C=C\C)C1CCOC1. The molecule has 0 saturated carbocycles. The number of allylic oxidation sites excluding steroid dienone is 2. The first-order valence-electron chi connectivity index (χ1n) is 3.74. The standard InChI is InChI=1S/C9H14O/c1-3-4-8(2)9-5-6-10-7-9/h3-4,9H,2,5-7H2,1H3/b4-3-. The molecule has 1 aliphatic rings. The molecule has 0 aliphatic carbocycles. The highest BCUT2D eigenvalue weighted by molar-refractivity contribution is 5.17. The zero-order valence-electron chi connectivity index (χ0n) is 6.47. The van der Waals surface area contributed by atoms with Crippen molar-refractivity contribution in [3.05, 3.63) is 24.3 Å². The fraction of sp³-hybridized carbons (Fsp3) is 0.556. The molecule has 0 bridgehead atoms. The topological polar surface area (TPSA) is 9.23 Å². The van der Waals surface area contributed by atoms with E-state index >= 15 is 0 Å². The number of hydrogen-bond donors (Lipinski definition) is 0. The van der Waals surface area contributed by atoms with Gasteiger partial charge in [-0.05, 0) is 13.3 Å². The summed E-state index contributed by atoms with van der Waals surface area (Å²) in [4.78, 5) is 0. The minimum atomic E-state index is 0.580. The molecule has 0 spiro atoms. The molecule has 1 atom stereocenters. The highest BCUT2D eigenvalue weighted by Crippen LogP contribution is 2.20. The van der Waals surface area contributed by atoms with E-state index in [2.05, 4.69) is 12.7 Å². The van der Waals surface area contributed by atoms with Gasteiger partial charge < -0.3 is 4.74 Å². The van der Waals surface area contributed by atoms with Crippen LogP contribution in [0.3, 0.4) is 0 Å². The Balaban J connectivity index is 2.40. The van der Waals surface area contributed by atoms with Gasteiger partial charge in [-0.1, -0.05) is 24.3 Å². The molecule has 10 heavy (non-hydrogen) atoms. The average molecular weight is 138 g/mol. The molecule has 1 rings (SSSR count). The maximum absolute atomic E-state index is 5.23. The molecule has 0 aromatic carbocycles. The maximum Gasteiger partial charge on any atom is 0.0535 e. The minimum absolute atomic E-state index is 0.580. The summed E-state index contributed by atoms with van der Waals surface area (Å²) in [7, 11) is 0. The molecule has 1 heteroatoms. The van der Waals surface area contributed by atoms with E-state index in [1.165, 1.54) is 5.57 Å². The van der Waals surface area contributed by atoms with Crippen molar-refractivity contribution in [1.29, 1.82) is 0 Å². The quantitative estimate of drug-likeness (QED) is 0.531. The molecule has 1 aliphatic heterocycles. The van der Waals surface area contributed by atoms with Gasteiger partial charge in [-0.2, -0.15) is 0 Å². The van der Waals surface area contributed by atoms with Crippen LogP contribution in [-0.4, -0.2) is 13.2 Å². The lowest BCUT2D eigenvalue weighted by atomic mass is 10.00. The Morgan fingerprint density at radius 1 is 1.70 bits per heavy atom. The zero-order valence-corrected chi connectivity index (χ0v) is 6.47. The third kappa shape index (κ3) is 1.71. The summed E-state index contributed by atoms with van der Waals surface area (Å²) in [5.41, 5.74) is 1.21. The predicted octanol–water partition coefficient (Wildman–Crippen LogP) is 2.16. The van der Waals surface area contributed by atoms with Gasteiger partial charge in [0.15, 0.2) is 0 Å². The minimum Gasteiger partial charge on any atom is -0.381 e. The van der Waals surface area contributed by atoms with Crippen LogP contribution >= 0.6 is 0 Å². The van der Waals surface area contributed by atoms with Crippen molar-refractivity contribution < 1.29 is 4.74 Å². The highest BCUT2D eigenvalue weighted by Gasteiger charge is 2.16. The summed E-state index contributed by atoms with van der Waals surface area (Å²) in [6.07, 6.45) is 5.24. The van der Waals surface area contributed by atoms with Crippen LogP contribution in [0, 0.1) is 5.92 Å². The van der Waals surface area contributed by atoms with Gasteiger partial charge in [-0.3, -0.25) is 0 Å². The van der Waals surface area contributed by atoms with Crippen LogP contribution in [0.4, 0.5) is 0 Å². The lowest BCUT2D eigenvalue weighted by Gasteiger charge is -2.05. The first-order chi connectivity index (χ1) is 4.84. The molecule has 1 fully saturated rings. The summed E-state index contributed by atoms with van der Waals surface area (Å²) in [5, 5.41) is 0. The molecule has 1 unspecified atom stereocenters. The third-order valence-corrected chi connectivity index (χ3v) is 1.83. The van der Waals surface area contributed by atoms with Gasteiger partial charge in [0.25, 0.3) is 0 Å². The van der Waals surface area contributed by atoms with Crippen molar-refractivity contribution in [3.63, 3.8) is 0 Å². The maximum atomic E-state index is 5.23. The Morgan fingerprint density at radius 3 is 3.00 bits per heavy atom. The van der Waals surface area contributed by atoms with Crippen LogP contribution in [0.2, 0.25) is 0 Å². The Morgan fingerprint density at radius 2 is 2.50 bits per heavy atom. The van der Waals surface area contributed by atoms with Gasteiger partial charge in [0.05, 0.1) is 6.61 Å². The first-order valence-corrected chi connectivity index (χ1v) is 3.74. The molecule has 0 aromatic rings. The van der Waals surface area contributed by atoms with Crippen molar-refractivity contribution in [2.75, 3.05) is 13.2 Å². The van der Waals surface area contributed by atoms with Gasteiger partial charge in [-0.25, -0.2) is 0 Å². The lowest BCUT2D eigenvalue weighted by Crippen LogP contribution is -1.99. The van der Waals surface area contributed by atoms with Crippen LogP contribution in [0.5, 0.6) is 0 Å². The summed E-state index contributed by atoms with van der Waals surface area (Å²) < 4.78 is 5.23. The predicted molar refractivity (Wildman–Crippen MR) is 42.9 cm³/mol. The van der Waals surface area contributed by atoms with Crippen LogP contribution in [0.15, 0.2) is 24.3 Å². The van der Waals surface area contributed by atoms with E-state index in [-0.39, 0.29) is 0 Å². The van der Waals surface area contributed by atoms with Crippen molar-refractivity contribution >= 4 is 0 Å². The Bertz CT molecular complexity index is 141. The molecule has 1 heterocycles. The molecular weight excluding hydrogens is 124 g/mol. The van der Waals surface area contributed by atoms with Gasteiger partial charge >= 0.3 is 0 Å². The van der Waals surface area contributed by atoms with Crippen molar-refractivity contribution in [3.8, 4) is 0 Å². The van der Waals surface area contributed by atoms with Crippen LogP contribution < -0.4 is 0 Å².